The number of fused-ring (bicyclic) bond motifs is 1. The molecule has 8 nitrogen and oxygen atoms in total. The number of rotatable bonds is 7. The Hall–Kier alpha value is -3.59. The molecule has 0 bridgehead atoms. The van der Waals surface area contributed by atoms with Gasteiger partial charge in [0.15, 0.2) is 5.13 Å². The summed E-state index contributed by atoms with van der Waals surface area (Å²) in [5.74, 6) is 0.0112. The number of hydrogen-bond acceptors (Lipinski definition) is 6. The minimum absolute atomic E-state index is 0.0247. The summed E-state index contributed by atoms with van der Waals surface area (Å²) in [5, 5.41) is 5.19. The summed E-state index contributed by atoms with van der Waals surface area (Å²) in [7, 11) is 3.08. The van der Waals surface area contributed by atoms with Crippen molar-refractivity contribution in [2.45, 2.75) is 20.3 Å². The van der Waals surface area contributed by atoms with Crippen molar-refractivity contribution < 1.29 is 23.7 Å². The van der Waals surface area contributed by atoms with E-state index in [0.29, 0.717) is 28.9 Å². The first kappa shape index (κ1) is 23.6. The molecule has 34 heavy (non-hydrogen) atoms. The van der Waals surface area contributed by atoms with Crippen LogP contribution in [0.4, 0.5) is 9.93 Å². The zero-order valence-corrected chi connectivity index (χ0v) is 20.4. The molecule has 0 fully saturated rings. The van der Waals surface area contributed by atoms with Gasteiger partial charge in [0.1, 0.15) is 17.4 Å². The minimum Gasteiger partial charge on any atom is -0.493 e. The van der Waals surface area contributed by atoms with Crippen molar-refractivity contribution in [1.29, 1.82) is 0 Å². The summed E-state index contributed by atoms with van der Waals surface area (Å²) in [6, 6.07) is 7.31. The van der Waals surface area contributed by atoms with Gasteiger partial charge in [-0.15, -0.1) is 11.3 Å². The Balaban J connectivity index is 1.42. The Kier molecular flexibility index (Phi) is 6.74. The lowest BCUT2D eigenvalue weighted by Crippen LogP contribution is -2.52. The third-order valence-electron chi connectivity index (χ3n) is 5.63. The number of anilines is 1. The molecule has 1 aliphatic heterocycles. The van der Waals surface area contributed by atoms with E-state index in [9.17, 15) is 14.4 Å². The molecule has 0 radical (unpaired) electrons. The predicted molar refractivity (Wildman–Crippen MR) is 131 cm³/mol. The van der Waals surface area contributed by atoms with Crippen LogP contribution in [0.3, 0.4) is 0 Å². The van der Waals surface area contributed by atoms with Gasteiger partial charge in [0.25, 0.3) is 0 Å². The first-order valence-corrected chi connectivity index (χ1v) is 11.9. The average molecular weight is 480 g/mol. The fraction of sp³-hybridized carbons (Fsp3) is 0.320. The van der Waals surface area contributed by atoms with E-state index in [1.54, 1.807) is 25.3 Å². The second-order valence-corrected chi connectivity index (χ2v) is 9.55. The second-order valence-electron chi connectivity index (χ2n) is 8.69. The third kappa shape index (κ3) is 4.84. The maximum absolute atomic E-state index is 12.8. The second kappa shape index (κ2) is 9.72. The van der Waals surface area contributed by atoms with Crippen molar-refractivity contribution in [2.75, 3.05) is 26.0 Å². The summed E-state index contributed by atoms with van der Waals surface area (Å²) in [4.78, 5) is 43.4. The van der Waals surface area contributed by atoms with Gasteiger partial charge in [0, 0.05) is 17.4 Å². The summed E-state index contributed by atoms with van der Waals surface area (Å²) in [6.07, 6.45) is 5.28. The van der Waals surface area contributed by atoms with E-state index < -0.39 is 5.92 Å². The third-order valence-corrected chi connectivity index (χ3v) is 6.39. The van der Waals surface area contributed by atoms with E-state index in [1.807, 2.05) is 29.6 Å². The highest BCUT2D eigenvalue weighted by Crippen LogP contribution is 2.29. The zero-order chi connectivity index (χ0) is 24.4. The summed E-state index contributed by atoms with van der Waals surface area (Å²) in [6.45, 7) is 4.86. The van der Waals surface area contributed by atoms with Crippen molar-refractivity contribution in [2.24, 2.45) is 11.8 Å². The standard InChI is InChI=1S/C25H26N4O4S/c1-15(2)13-33-18-10-8-16(9-11-18)19-14-34-24(26-19)27-21(30)12-17-6-5-7-20-22(17)23(31)29(4)25(32)28(20)3/h5-11,14-15,22H,12-13H2,1-4H3/p+1. The van der Waals surface area contributed by atoms with Crippen LogP contribution in [-0.4, -0.2) is 58.7 Å². The Morgan fingerprint density at radius 2 is 2.00 bits per heavy atom. The van der Waals surface area contributed by atoms with Gasteiger partial charge in [-0.3, -0.25) is 4.79 Å². The van der Waals surface area contributed by atoms with Crippen molar-refractivity contribution in [3.8, 4) is 17.0 Å². The topological polar surface area (TPSA) is 91.6 Å². The summed E-state index contributed by atoms with van der Waals surface area (Å²) < 4.78 is 7.16. The number of aromatic nitrogens is 1. The first-order valence-electron chi connectivity index (χ1n) is 11.0. The highest BCUT2D eigenvalue weighted by molar-refractivity contribution is 7.14. The number of amides is 4. The Bertz CT molecular complexity index is 1220. The quantitative estimate of drug-likeness (QED) is 0.607. The van der Waals surface area contributed by atoms with Crippen LogP contribution in [0.1, 0.15) is 20.3 Å². The molecule has 1 aromatic carbocycles. The number of hydrogen-bond donors (Lipinski definition) is 1. The highest BCUT2D eigenvalue weighted by Gasteiger charge is 2.46. The Labute approximate surface area is 202 Å². The maximum atomic E-state index is 12.8. The van der Waals surface area contributed by atoms with Crippen LogP contribution in [0.15, 0.2) is 53.4 Å². The summed E-state index contributed by atoms with van der Waals surface area (Å²) in [5.41, 5.74) is 2.91. The molecule has 2 aromatic rings. The lowest BCUT2D eigenvalue weighted by atomic mass is 9.85. The molecule has 1 atom stereocenters. The van der Waals surface area contributed by atoms with E-state index in [0.717, 1.165) is 21.9 Å². The van der Waals surface area contributed by atoms with Crippen LogP contribution in [0, 0.1) is 11.8 Å². The van der Waals surface area contributed by atoms with E-state index in [1.165, 1.54) is 23.0 Å². The number of nitrogens with zero attached hydrogens (tertiary/aromatic N) is 3. The largest absolute Gasteiger partial charge is 0.500 e. The smallest absolute Gasteiger partial charge is 0.493 e. The van der Waals surface area contributed by atoms with Gasteiger partial charge >= 0.3 is 11.9 Å². The van der Waals surface area contributed by atoms with Crippen LogP contribution in [-0.2, 0) is 9.59 Å². The van der Waals surface area contributed by atoms with Crippen molar-refractivity contribution >= 4 is 40.0 Å². The van der Waals surface area contributed by atoms with Crippen LogP contribution >= 0.6 is 11.3 Å². The van der Waals surface area contributed by atoms with Crippen LogP contribution in [0.2, 0.25) is 0 Å². The summed E-state index contributed by atoms with van der Waals surface area (Å²) >= 11 is 1.34. The average Bonchev–Trinajstić information content (AvgIpc) is 3.28. The molecular formula is C25H27N4O4S+. The predicted octanol–water partition coefficient (Wildman–Crippen LogP) is 3.96. The number of imide groups is 1. The SMILES string of the molecule is CC(C)COc1ccc(-c2csc(NC(=O)CC3=CC=CC4=[N+](C)C(=O)N(C)C(=O)C34)n2)cc1. The number of nitrogens with one attached hydrogen (secondary N) is 1. The number of allylic oxidation sites excluding steroid dienone is 3. The molecule has 2 aliphatic rings. The fourth-order valence-electron chi connectivity index (χ4n) is 3.83. The molecule has 1 aliphatic carbocycles. The monoisotopic (exact) mass is 479 g/mol. The Morgan fingerprint density at radius 1 is 1.26 bits per heavy atom. The molecule has 4 rings (SSSR count). The van der Waals surface area contributed by atoms with Crippen LogP contribution in [0.25, 0.3) is 11.3 Å². The van der Waals surface area contributed by atoms with Gasteiger partial charge in [-0.2, -0.15) is 14.3 Å². The molecule has 1 aromatic heterocycles. The van der Waals surface area contributed by atoms with Gasteiger partial charge in [-0.1, -0.05) is 26.0 Å². The minimum atomic E-state index is -0.647. The number of thiazole rings is 1. The van der Waals surface area contributed by atoms with Gasteiger partial charge in [-0.05, 0) is 41.8 Å². The molecule has 2 heterocycles. The Morgan fingerprint density at radius 3 is 2.71 bits per heavy atom. The van der Waals surface area contributed by atoms with Gasteiger partial charge in [0.2, 0.25) is 5.91 Å². The van der Waals surface area contributed by atoms with E-state index in [-0.39, 0.29) is 24.3 Å². The molecule has 4 amide bonds. The van der Waals surface area contributed by atoms with Crippen molar-refractivity contribution in [3.63, 3.8) is 0 Å². The highest BCUT2D eigenvalue weighted by atomic mass is 32.1. The van der Waals surface area contributed by atoms with Crippen molar-refractivity contribution in [3.05, 3.63) is 53.4 Å². The van der Waals surface area contributed by atoms with Crippen LogP contribution < -0.4 is 10.1 Å². The van der Waals surface area contributed by atoms with Crippen LogP contribution in [0.5, 0.6) is 5.75 Å². The molecule has 0 saturated carbocycles. The van der Waals surface area contributed by atoms with Gasteiger partial charge in [-0.25, -0.2) is 9.78 Å². The number of urea groups is 1. The molecule has 9 heteroatoms. The molecule has 1 N–H and O–H groups in total. The van der Waals surface area contributed by atoms with E-state index >= 15 is 0 Å². The zero-order valence-electron chi connectivity index (χ0n) is 19.6. The van der Waals surface area contributed by atoms with Crippen molar-refractivity contribution in [1.82, 2.24) is 9.88 Å². The number of carbonyl (C=O) groups excluding carboxylic acids is 3. The van der Waals surface area contributed by atoms with E-state index in [4.69, 9.17) is 4.74 Å². The molecule has 1 unspecified atom stereocenters. The number of benzene rings is 1. The number of carbonyl (C=O) groups is 3. The number of ether oxygens (including phenoxy) is 1. The lowest BCUT2D eigenvalue weighted by molar-refractivity contribution is -0.405. The molecule has 176 valence electrons. The van der Waals surface area contributed by atoms with Gasteiger partial charge < -0.3 is 10.1 Å². The van der Waals surface area contributed by atoms with Gasteiger partial charge in [0.05, 0.1) is 26.4 Å². The first-order chi connectivity index (χ1) is 16.2. The molecular weight excluding hydrogens is 452 g/mol. The molecule has 0 spiro atoms. The lowest BCUT2D eigenvalue weighted by Gasteiger charge is -2.27. The molecule has 0 saturated heterocycles. The fourth-order valence-corrected chi connectivity index (χ4v) is 4.56. The normalized spacial score (nSPS) is 17.7. The van der Waals surface area contributed by atoms with E-state index in [2.05, 4.69) is 24.1 Å². The maximum Gasteiger partial charge on any atom is 0.500 e.